The number of hydrogen-bond donors (Lipinski definition) is 0. The summed E-state index contributed by atoms with van der Waals surface area (Å²) < 4.78 is 26.1. The molecule has 0 spiro atoms. The minimum atomic E-state index is -2.83. The zero-order chi connectivity index (χ0) is 12.5. The van der Waals surface area contributed by atoms with Gasteiger partial charge >= 0.3 is 0 Å². The van der Waals surface area contributed by atoms with E-state index in [9.17, 15) is 13.6 Å². The number of benzene rings is 1. The van der Waals surface area contributed by atoms with E-state index in [2.05, 4.69) is 4.99 Å². The summed E-state index contributed by atoms with van der Waals surface area (Å²) in [5.74, 6) is -2.83. The maximum Gasteiger partial charge on any atom is 0.270 e. The maximum absolute atomic E-state index is 13.0. The minimum absolute atomic E-state index is 0.0224. The number of aliphatic imine (C=N–C) groups is 1. The number of halogens is 2. The lowest BCUT2D eigenvalue weighted by Gasteiger charge is -2.37. The molecule has 2 rings (SSSR count). The maximum atomic E-state index is 13.0. The van der Waals surface area contributed by atoms with E-state index in [-0.39, 0.29) is 5.56 Å². The zero-order valence-corrected chi connectivity index (χ0v) is 9.54. The highest BCUT2D eigenvalue weighted by molar-refractivity contribution is 5.40. The highest BCUT2D eigenvalue weighted by Gasteiger charge is 2.39. The van der Waals surface area contributed by atoms with Crippen LogP contribution >= 0.6 is 0 Å². The summed E-state index contributed by atoms with van der Waals surface area (Å²) in [6.07, 6.45) is 4.14. The zero-order valence-electron chi connectivity index (χ0n) is 9.54. The molecule has 0 atom stereocenters. The third-order valence-electron chi connectivity index (χ3n) is 3.37. The summed E-state index contributed by atoms with van der Waals surface area (Å²) in [6, 6.07) is 6.06. The van der Waals surface area contributed by atoms with Gasteiger partial charge < -0.3 is 0 Å². The largest absolute Gasteiger partial charge is 0.270 e. The lowest BCUT2D eigenvalue weighted by molar-refractivity contribution is 0.0174. The predicted molar refractivity (Wildman–Crippen MR) is 59.7 cm³/mol. The Labute approximate surface area is 98.4 Å². The van der Waals surface area contributed by atoms with Gasteiger partial charge in [-0.05, 0) is 24.8 Å². The molecule has 1 aliphatic rings. The van der Waals surface area contributed by atoms with Crippen LogP contribution in [0.4, 0.5) is 8.78 Å². The van der Waals surface area contributed by atoms with Gasteiger partial charge in [0, 0.05) is 12.5 Å². The number of hydrogen-bond acceptors (Lipinski definition) is 2. The number of rotatable bonds is 3. The molecule has 0 N–H and O–H groups in total. The molecule has 4 heteroatoms. The molecule has 0 aliphatic heterocycles. The Morgan fingerprint density at radius 3 is 2.24 bits per heavy atom. The summed E-state index contributed by atoms with van der Waals surface area (Å²) in [5.41, 5.74) is 0.287. The van der Waals surface area contributed by atoms with E-state index in [0.29, 0.717) is 0 Å². The average molecular weight is 237 g/mol. The Kier molecular flexibility index (Phi) is 2.84. The smallest absolute Gasteiger partial charge is 0.211 e. The highest BCUT2D eigenvalue weighted by Crippen LogP contribution is 2.45. The number of isocyanates is 1. The summed E-state index contributed by atoms with van der Waals surface area (Å²) in [7, 11) is 0. The molecule has 0 aromatic heterocycles. The monoisotopic (exact) mass is 237 g/mol. The van der Waals surface area contributed by atoms with Crippen molar-refractivity contribution in [1.82, 2.24) is 0 Å². The molecule has 1 aromatic carbocycles. The van der Waals surface area contributed by atoms with Gasteiger partial charge in [0.15, 0.2) is 0 Å². The van der Waals surface area contributed by atoms with E-state index in [1.54, 1.807) is 18.2 Å². The Hall–Kier alpha value is -1.54. The fourth-order valence-electron chi connectivity index (χ4n) is 2.14. The van der Waals surface area contributed by atoms with Crippen LogP contribution in [0.3, 0.4) is 0 Å². The van der Waals surface area contributed by atoms with Gasteiger partial charge in [-0.15, -0.1) is 0 Å². The van der Waals surface area contributed by atoms with E-state index in [1.165, 1.54) is 12.1 Å². The molecule has 0 heterocycles. The van der Waals surface area contributed by atoms with Crippen LogP contribution in [0.1, 0.15) is 37.3 Å². The lowest BCUT2D eigenvalue weighted by Crippen LogP contribution is -2.31. The van der Waals surface area contributed by atoms with Crippen LogP contribution in [0.2, 0.25) is 0 Å². The van der Waals surface area contributed by atoms with Gasteiger partial charge in [-0.25, -0.2) is 13.6 Å². The van der Waals surface area contributed by atoms with Gasteiger partial charge in [0.25, 0.3) is 5.92 Å². The van der Waals surface area contributed by atoms with Crippen LogP contribution in [-0.2, 0) is 16.3 Å². The molecule has 2 nitrogen and oxygen atoms in total. The fourth-order valence-corrected chi connectivity index (χ4v) is 2.14. The van der Waals surface area contributed by atoms with Crippen LogP contribution < -0.4 is 0 Å². The molecule has 90 valence electrons. The van der Waals surface area contributed by atoms with Crippen molar-refractivity contribution in [2.45, 2.75) is 37.6 Å². The number of nitrogens with zero attached hydrogens (tertiary/aromatic N) is 1. The summed E-state index contributed by atoms with van der Waals surface area (Å²) >= 11 is 0. The second-order valence-corrected chi connectivity index (χ2v) is 4.55. The lowest BCUT2D eigenvalue weighted by atomic mass is 9.72. The van der Waals surface area contributed by atoms with Gasteiger partial charge in [0.2, 0.25) is 6.08 Å². The Morgan fingerprint density at radius 1 is 1.29 bits per heavy atom. The quantitative estimate of drug-likeness (QED) is 0.584. The van der Waals surface area contributed by atoms with Crippen LogP contribution in [0.15, 0.2) is 29.3 Å². The van der Waals surface area contributed by atoms with Gasteiger partial charge in [-0.2, -0.15) is 4.99 Å². The van der Waals surface area contributed by atoms with Crippen molar-refractivity contribution in [1.29, 1.82) is 0 Å². The van der Waals surface area contributed by atoms with Crippen LogP contribution in [0.5, 0.6) is 0 Å². The van der Waals surface area contributed by atoms with E-state index >= 15 is 0 Å². The number of carbonyl (C=O) groups excluding carboxylic acids is 1. The van der Waals surface area contributed by atoms with E-state index < -0.39 is 11.5 Å². The molecule has 0 unspecified atom stereocenters. The molecule has 0 saturated heterocycles. The molecule has 0 radical (unpaired) electrons. The molecule has 0 bridgehead atoms. The first-order valence-electron chi connectivity index (χ1n) is 5.56. The van der Waals surface area contributed by atoms with Gasteiger partial charge in [0.1, 0.15) is 0 Å². The van der Waals surface area contributed by atoms with E-state index in [1.807, 2.05) is 0 Å². The third-order valence-corrected chi connectivity index (χ3v) is 3.37. The van der Waals surface area contributed by atoms with Gasteiger partial charge in [0.05, 0.1) is 5.54 Å². The molecular formula is C13H13F2NO. The Balaban J connectivity index is 2.32. The first-order valence-corrected chi connectivity index (χ1v) is 5.56. The second-order valence-electron chi connectivity index (χ2n) is 4.55. The Morgan fingerprint density at radius 2 is 1.88 bits per heavy atom. The number of alkyl halides is 2. The summed E-state index contributed by atoms with van der Waals surface area (Å²) in [4.78, 5) is 14.2. The first kappa shape index (κ1) is 11.9. The summed E-state index contributed by atoms with van der Waals surface area (Å²) in [5, 5.41) is 0. The Bertz CT molecular complexity index is 451. The van der Waals surface area contributed by atoms with Crippen molar-refractivity contribution in [3.63, 3.8) is 0 Å². The predicted octanol–water partition coefficient (Wildman–Crippen LogP) is 3.51. The van der Waals surface area contributed by atoms with Crippen molar-refractivity contribution < 1.29 is 13.6 Å². The molecule has 17 heavy (non-hydrogen) atoms. The first-order chi connectivity index (χ1) is 7.98. The molecular weight excluding hydrogens is 224 g/mol. The topological polar surface area (TPSA) is 29.4 Å². The molecule has 1 saturated carbocycles. The van der Waals surface area contributed by atoms with Crippen LogP contribution in [-0.4, -0.2) is 6.08 Å². The molecule has 0 amide bonds. The normalized spacial score (nSPS) is 18.1. The van der Waals surface area contributed by atoms with Gasteiger partial charge in [-0.1, -0.05) is 24.3 Å². The molecule has 1 aromatic rings. The van der Waals surface area contributed by atoms with Crippen molar-refractivity contribution in [2.75, 3.05) is 0 Å². The molecule has 1 aliphatic carbocycles. The third kappa shape index (κ3) is 2.13. The van der Waals surface area contributed by atoms with Crippen LogP contribution in [0, 0.1) is 0 Å². The standard InChI is InChI=1S/C13H13F2NO/c1-12(14,15)10-3-5-11(6-4-10)13(16-9-17)7-2-8-13/h3-6H,2,7-8H2,1H3. The van der Waals surface area contributed by atoms with E-state index in [0.717, 1.165) is 31.7 Å². The van der Waals surface area contributed by atoms with Crippen molar-refractivity contribution in [3.05, 3.63) is 35.4 Å². The summed E-state index contributed by atoms with van der Waals surface area (Å²) in [6.45, 7) is 0.866. The highest BCUT2D eigenvalue weighted by atomic mass is 19.3. The average Bonchev–Trinajstić information content (AvgIpc) is 2.22. The van der Waals surface area contributed by atoms with Gasteiger partial charge in [-0.3, -0.25) is 0 Å². The van der Waals surface area contributed by atoms with E-state index in [4.69, 9.17) is 0 Å². The van der Waals surface area contributed by atoms with Crippen molar-refractivity contribution >= 4 is 6.08 Å². The minimum Gasteiger partial charge on any atom is -0.211 e. The van der Waals surface area contributed by atoms with Crippen LogP contribution in [0.25, 0.3) is 0 Å². The molecule has 1 fully saturated rings. The fraction of sp³-hybridized carbons (Fsp3) is 0.462. The van der Waals surface area contributed by atoms with Crippen molar-refractivity contribution in [3.8, 4) is 0 Å². The second kappa shape index (κ2) is 4.04. The van der Waals surface area contributed by atoms with Crippen molar-refractivity contribution in [2.24, 2.45) is 4.99 Å². The SMILES string of the molecule is CC(F)(F)c1ccc(C2(N=C=O)CCC2)cc1.